The van der Waals surface area contributed by atoms with E-state index in [-0.39, 0.29) is 22.6 Å². The molecule has 0 saturated carbocycles. The third-order valence-electron chi connectivity index (χ3n) is 2.49. The minimum Gasteiger partial charge on any atom is -0.780 e. The van der Waals surface area contributed by atoms with Crippen LogP contribution in [0, 0.1) is 0 Å². The van der Waals surface area contributed by atoms with Crippen LogP contribution in [-0.4, -0.2) is 4.89 Å². The zero-order valence-corrected chi connectivity index (χ0v) is 12.6. The number of phosphoric acid groups is 2. The fourth-order valence-electron chi connectivity index (χ4n) is 1.78. The molecule has 8 nitrogen and oxygen atoms in total. The van der Waals surface area contributed by atoms with Crippen LogP contribution in [0.15, 0.2) is 48.5 Å². The number of hydrogen-bond acceptors (Lipinski definition) is 7. The first kappa shape index (κ1) is 16.7. The van der Waals surface area contributed by atoms with Crippen molar-refractivity contribution in [2.45, 2.75) is 0 Å². The normalized spacial score (nSPS) is 14.2. The predicted octanol–water partition coefficient (Wildman–Crippen LogP) is 0.401. The Hall–Kier alpha value is -1.66. The summed E-state index contributed by atoms with van der Waals surface area (Å²) in [5.41, 5.74) is 0.232. The first-order valence-electron chi connectivity index (χ1n) is 5.79. The van der Waals surface area contributed by atoms with E-state index in [9.17, 15) is 23.8 Å². The molecule has 2 aromatic rings. The largest absolute Gasteiger partial charge is 0.780 e. The van der Waals surface area contributed by atoms with E-state index in [4.69, 9.17) is 4.89 Å². The first-order valence-corrected chi connectivity index (χ1v) is 8.75. The number of phosphoric ester groups is 2. The van der Waals surface area contributed by atoms with Gasteiger partial charge in [0.1, 0.15) is 19.3 Å². The van der Waals surface area contributed by atoms with Crippen LogP contribution < -0.4 is 23.7 Å². The molecule has 0 radical (unpaired) electrons. The van der Waals surface area contributed by atoms with E-state index in [0.29, 0.717) is 0 Å². The van der Waals surface area contributed by atoms with Crippen molar-refractivity contribution in [1.29, 1.82) is 0 Å². The lowest BCUT2D eigenvalue weighted by Gasteiger charge is -2.30. The van der Waals surface area contributed by atoms with Crippen LogP contribution in [0.1, 0.15) is 0 Å². The van der Waals surface area contributed by atoms with Crippen LogP contribution in [0.2, 0.25) is 0 Å². The van der Waals surface area contributed by atoms with Gasteiger partial charge in [-0.2, -0.15) is 0 Å². The Bertz CT molecular complexity index is 698. The Morgan fingerprint density at radius 3 is 1.59 bits per heavy atom. The lowest BCUT2D eigenvalue weighted by molar-refractivity contribution is -0.333. The Kier molecular flexibility index (Phi) is 4.72. The molecule has 1 unspecified atom stereocenters. The van der Waals surface area contributed by atoms with E-state index in [1.54, 1.807) is 0 Å². The maximum atomic E-state index is 10.9. The van der Waals surface area contributed by atoms with Crippen molar-refractivity contribution >= 4 is 15.6 Å². The van der Waals surface area contributed by atoms with Crippen molar-refractivity contribution in [1.82, 2.24) is 0 Å². The Labute approximate surface area is 125 Å². The van der Waals surface area contributed by atoms with Gasteiger partial charge in [-0.1, -0.05) is 36.4 Å². The number of benzene rings is 2. The Morgan fingerprint density at radius 1 is 0.773 bits per heavy atom. The molecule has 118 valence electrons. The summed E-state index contributed by atoms with van der Waals surface area (Å²) < 4.78 is 30.5. The van der Waals surface area contributed by atoms with Crippen LogP contribution in [0.3, 0.4) is 0 Å². The van der Waals surface area contributed by atoms with Gasteiger partial charge in [-0.05, 0) is 12.1 Å². The molecule has 1 N–H and O–H groups in total. The third kappa shape index (κ3) is 4.68. The summed E-state index contributed by atoms with van der Waals surface area (Å²) in [7, 11) is -10.4. The van der Waals surface area contributed by atoms with Gasteiger partial charge in [-0.3, -0.25) is 4.57 Å². The van der Waals surface area contributed by atoms with E-state index < -0.39 is 15.6 Å². The summed E-state index contributed by atoms with van der Waals surface area (Å²) in [6, 6.07) is 11.2. The summed E-state index contributed by atoms with van der Waals surface area (Å²) in [4.78, 5) is 41.2. The average molecular weight is 343 g/mol. The topological polar surface area (TPSA) is 142 Å². The Balaban J connectivity index is 2.53. The second-order valence-corrected chi connectivity index (χ2v) is 6.29. The molecule has 0 heterocycles. The lowest BCUT2D eigenvalue weighted by Crippen LogP contribution is -2.18. The molecule has 10 heteroatoms. The molecule has 0 aromatic heterocycles. The lowest BCUT2D eigenvalue weighted by atomic mass is 10.0. The summed E-state index contributed by atoms with van der Waals surface area (Å²) in [5.74, 6) is -0.531. The molecule has 0 amide bonds. The molecule has 0 aliphatic rings. The van der Waals surface area contributed by atoms with Crippen LogP contribution in [0.25, 0.3) is 11.1 Å². The fourth-order valence-corrected chi connectivity index (χ4v) is 2.59. The maximum Gasteiger partial charge on any atom is 0.317 e. The van der Waals surface area contributed by atoms with Crippen LogP contribution in [-0.2, 0) is 9.13 Å². The fraction of sp³-hybridized carbons (Fsp3) is 0. The van der Waals surface area contributed by atoms with Gasteiger partial charge in [0.05, 0.1) is 0 Å². The molecule has 0 spiro atoms. The number of para-hydroxylation sites is 2. The second-order valence-electron chi connectivity index (χ2n) is 4.09. The van der Waals surface area contributed by atoms with E-state index in [0.717, 1.165) is 0 Å². The molecule has 22 heavy (non-hydrogen) atoms. The minimum absolute atomic E-state index is 0.110. The van der Waals surface area contributed by atoms with Gasteiger partial charge in [0.25, 0.3) is 0 Å². The van der Waals surface area contributed by atoms with Gasteiger partial charge in [0, 0.05) is 11.1 Å². The van der Waals surface area contributed by atoms with Crippen molar-refractivity contribution in [3.05, 3.63) is 48.5 Å². The molecule has 2 aromatic carbocycles. The number of hydrogen-bond donors (Lipinski definition) is 1. The number of rotatable bonds is 5. The second kappa shape index (κ2) is 6.22. The van der Waals surface area contributed by atoms with Crippen molar-refractivity contribution in [3.63, 3.8) is 0 Å². The average Bonchev–Trinajstić information content (AvgIpc) is 2.36. The van der Waals surface area contributed by atoms with Gasteiger partial charge in [-0.25, -0.2) is 0 Å². The summed E-state index contributed by atoms with van der Waals surface area (Å²) in [6.45, 7) is 0. The Morgan fingerprint density at radius 2 is 1.18 bits per heavy atom. The minimum atomic E-state index is -5.30. The molecule has 0 aliphatic carbocycles. The van der Waals surface area contributed by atoms with Crippen molar-refractivity contribution < 1.29 is 37.8 Å². The molecular formula is C12H9O8P2-3. The van der Waals surface area contributed by atoms with E-state index in [1.165, 1.54) is 48.5 Å². The first-order chi connectivity index (χ1) is 10.2. The highest BCUT2D eigenvalue weighted by Gasteiger charge is 2.14. The van der Waals surface area contributed by atoms with Gasteiger partial charge in [0.2, 0.25) is 0 Å². The highest BCUT2D eigenvalue weighted by Crippen LogP contribution is 2.44. The van der Waals surface area contributed by atoms with Crippen LogP contribution in [0.5, 0.6) is 11.5 Å². The van der Waals surface area contributed by atoms with Crippen molar-refractivity contribution in [2.24, 2.45) is 0 Å². The summed E-state index contributed by atoms with van der Waals surface area (Å²) in [6.07, 6.45) is 0. The van der Waals surface area contributed by atoms with Gasteiger partial charge >= 0.3 is 7.82 Å². The highest BCUT2D eigenvalue weighted by molar-refractivity contribution is 7.45. The third-order valence-corrected chi connectivity index (χ3v) is 3.34. The SMILES string of the molecule is O=P([O-])([O-])Oc1ccccc1-c1ccccc1OP(=O)([O-])O. The quantitative estimate of drug-likeness (QED) is 0.769. The summed E-state index contributed by atoms with van der Waals surface area (Å²) in [5, 5.41) is 0. The van der Waals surface area contributed by atoms with Gasteiger partial charge < -0.3 is 33.2 Å². The standard InChI is InChI=1S/C12H12O8P2/c13-21(14,15)19-11-7-3-1-5-9(11)10-6-2-4-8-12(10)20-22(16,17)18/h1-8H,(H2,13,14,15)(H2,16,17,18)/p-3. The monoisotopic (exact) mass is 343 g/mol. The molecule has 0 fully saturated rings. The molecule has 0 saturated heterocycles. The zero-order chi connectivity index (χ0) is 16.4. The van der Waals surface area contributed by atoms with Gasteiger partial charge in [-0.15, -0.1) is 0 Å². The maximum absolute atomic E-state index is 10.9. The van der Waals surface area contributed by atoms with Crippen LogP contribution >= 0.6 is 15.6 Å². The molecule has 1 atom stereocenters. The van der Waals surface area contributed by atoms with E-state index in [1.807, 2.05) is 0 Å². The molecule has 0 aliphatic heterocycles. The molecule has 0 bridgehead atoms. The van der Waals surface area contributed by atoms with Crippen LogP contribution in [0.4, 0.5) is 0 Å². The van der Waals surface area contributed by atoms with E-state index >= 15 is 0 Å². The zero-order valence-electron chi connectivity index (χ0n) is 10.8. The molecular weight excluding hydrogens is 334 g/mol. The molecule has 2 rings (SSSR count). The smallest absolute Gasteiger partial charge is 0.317 e. The van der Waals surface area contributed by atoms with Gasteiger partial charge in [0.15, 0.2) is 0 Å². The highest BCUT2D eigenvalue weighted by atomic mass is 31.2. The van der Waals surface area contributed by atoms with Crippen molar-refractivity contribution in [3.8, 4) is 22.6 Å². The van der Waals surface area contributed by atoms with Crippen molar-refractivity contribution in [2.75, 3.05) is 0 Å². The predicted molar refractivity (Wildman–Crippen MR) is 70.6 cm³/mol. The van der Waals surface area contributed by atoms with E-state index in [2.05, 4.69) is 9.05 Å². The summed E-state index contributed by atoms with van der Waals surface area (Å²) >= 11 is 0.